The Hall–Kier alpha value is -3.64. The maximum atomic E-state index is 7.54. The van der Waals surface area contributed by atoms with Crippen LogP contribution >= 0.6 is 0 Å². The lowest BCUT2D eigenvalue weighted by Crippen LogP contribution is -2.29. The van der Waals surface area contributed by atoms with E-state index in [2.05, 4.69) is 91.2 Å². The molecule has 0 N–H and O–H groups in total. The third-order valence-electron chi connectivity index (χ3n) is 7.08. The Bertz CT molecular complexity index is 1760. The van der Waals surface area contributed by atoms with Crippen molar-refractivity contribution in [2.45, 2.75) is 34.1 Å². The molecule has 32 heavy (non-hydrogen) atoms. The summed E-state index contributed by atoms with van der Waals surface area (Å²) in [6.07, 6.45) is 3.26. The van der Waals surface area contributed by atoms with Crippen LogP contribution in [0.5, 0.6) is 0 Å². The van der Waals surface area contributed by atoms with E-state index in [1.165, 1.54) is 60.3 Å². The lowest BCUT2D eigenvalue weighted by molar-refractivity contribution is -0.643. The summed E-state index contributed by atoms with van der Waals surface area (Å²) in [5, 5.41) is 6.33. The van der Waals surface area contributed by atoms with Crippen molar-refractivity contribution in [1.82, 2.24) is 4.40 Å². The van der Waals surface area contributed by atoms with E-state index < -0.39 is 0 Å². The van der Waals surface area contributed by atoms with Crippen LogP contribution < -0.4 is 4.57 Å². The molecule has 0 saturated heterocycles. The number of nitrogens with zero attached hydrogens (tertiary/aromatic N) is 3. The first-order chi connectivity index (χ1) is 15.4. The van der Waals surface area contributed by atoms with E-state index in [9.17, 15) is 0 Å². The Kier molecular flexibility index (Phi) is 3.84. The maximum absolute atomic E-state index is 7.54. The fourth-order valence-corrected chi connectivity index (χ4v) is 5.61. The zero-order valence-corrected chi connectivity index (χ0v) is 19.2. The van der Waals surface area contributed by atoms with Crippen molar-refractivity contribution in [3.8, 4) is 0 Å². The van der Waals surface area contributed by atoms with Gasteiger partial charge in [-0.05, 0) is 77.9 Å². The van der Waals surface area contributed by atoms with Gasteiger partial charge in [-0.25, -0.2) is 9.41 Å². The molecule has 6 aromatic rings. The number of aromatic nitrogens is 2. The standard InChI is InChI=1S/C29H26N3/c1-16(2)11-19-13-20-9-10-31(6)29-26-18(4)17(3)12-23-22-15-21(30-5)7-8-24(22)32(28(23)26)25(14-19)27(20)29/h7-10,12-16H,11H2,1-4,6H3/q+1. The summed E-state index contributed by atoms with van der Waals surface area (Å²) in [7, 11) is 2.16. The first-order valence-electron chi connectivity index (χ1n) is 11.3. The fraction of sp³-hybridized carbons (Fsp3) is 0.241. The lowest BCUT2D eigenvalue weighted by Gasteiger charge is -2.16. The van der Waals surface area contributed by atoms with Crippen LogP contribution in [0.15, 0.2) is 48.7 Å². The summed E-state index contributed by atoms with van der Waals surface area (Å²) in [5.41, 5.74) is 9.68. The molecule has 3 aromatic carbocycles. The van der Waals surface area contributed by atoms with E-state index in [-0.39, 0.29) is 0 Å². The second-order valence-corrected chi connectivity index (χ2v) is 9.69. The predicted octanol–water partition coefficient (Wildman–Crippen LogP) is 7.18. The Morgan fingerprint density at radius 3 is 2.53 bits per heavy atom. The third-order valence-corrected chi connectivity index (χ3v) is 7.08. The van der Waals surface area contributed by atoms with Gasteiger partial charge >= 0.3 is 0 Å². The summed E-state index contributed by atoms with van der Waals surface area (Å²) < 4.78 is 4.74. The minimum Gasteiger partial charge on any atom is -0.308 e. The fourth-order valence-electron chi connectivity index (χ4n) is 5.61. The van der Waals surface area contributed by atoms with Crippen molar-refractivity contribution in [3.05, 3.63) is 76.8 Å². The third kappa shape index (κ3) is 2.38. The molecule has 0 aliphatic carbocycles. The molecule has 0 unspecified atom stereocenters. The van der Waals surface area contributed by atoms with Crippen LogP contribution in [0.1, 0.15) is 30.5 Å². The quantitative estimate of drug-likeness (QED) is 0.123. The van der Waals surface area contributed by atoms with Gasteiger partial charge in [0.15, 0.2) is 11.9 Å². The topological polar surface area (TPSA) is 12.6 Å². The summed E-state index contributed by atoms with van der Waals surface area (Å²) in [4.78, 5) is 3.72. The molecule has 0 spiro atoms. The van der Waals surface area contributed by atoms with Gasteiger partial charge in [-0.1, -0.05) is 26.0 Å². The highest BCUT2D eigenvalue weighted by Gasteiger charge is 2.25. The molecular weight excluding hydrogens is 390 g/mol. The van der Waals surface area contributed by atoms with Crippen molar-refractivity contribution in [3.63, 3.8) is 0 Å². The average molecular weight is 417 g/mol. The lowest BCUT2D eigenvalue weighted by atomic mass is 9.94. The van der Waals surface area contributed by atoms with E-state index in [0.29, 0.717) is 11.6 Å². The van der Waals surface area contributed by atoms with Crippen LogP contribution in [0.4, 0.5) is 5.69 Å². The van der Waals surface area contributed by atoms with Crippen LogP contribution in [-0.4, -0.2) is 4.40 Å². The van der Waals surface area contributed by atoms with Crippen LogP contribution in [0, 0.1) is 26.3 Å². The molecule has 3 heteroatoms. The number of pyridine rings is 2. The molecule has 3 heterocycles. The van der Waals surface area contributed by atoms with Crippen molar-refractivity contribution >= 4 is 54.7 Å². The van der Waals surface area contributed by atoms with E-state index in [0.717, 1.165) is 11.8 Å². The van der Waals surface area contributed by atoms with E-state index in [1.54, 1.807) is 0 Å². The van der Waals surface area contributed by atoms with Crippen LogP contribution in [0.25, 0.3) is 53.8 Å². The summed E-state index contributed by atoms with van der Waals surface area (Å²) in [6, 6.07) is 15.5. The maximum Gasteiger partial charge on any atom is 0.224 e. The van der Waals surface area contributed by atoms with Crippen molar-refractivity contribution < 1.29 is 4.57 Å². The molecule has 3 aromatic heterocycles. The molecule has 0 atom stereocenters. The van der Waals surface area contributed by atoms with Crippen LogP contribution in [0.3, 0.4) is 0 Å². The van der Waals surface area contributed by atoms with Gasteiger partial charge in [0.2, 0.25) is 5.52 Å². The van der Waals surface area contributed by atoms with E-state index in [4.69, 9.17) is 6.57 Å². The first-order valence-corrected chi connectivity index (χ1v) is 11.3. The second kappa shape index (κ2) is 6.43. The number of rotatable bonds is 2. The van der Waals surface area contributed by atoms with Gasteiger partial charge in [0, 0.05) is 11.5 Å². The van der Waals surface area contributed by atoms with E-state index >= 15 is 0 Å². The normalized spacial score (nSPS) is 12.3. The zero-order chi connectivity index (χ0) is 22.3. The van der Waals surface area contributed by atoms with Crippen molar-refractivity contribution in [2.75, 3.05) is 0 Å². The molecule has 0 fully saturated rings. The summed E-state index contributed by atoms with van der Waals surface area (Å²) in [6.45, 7) is 16.6. The molecule has 3 nitrogen and oxygen atoms in total. The second-order valence-electron chi connectivity index (χ2n) is 9.69. The number of hydrogen-bond acceptors (Lipinski definition) is 0. The molecule has 0 saturated carbocycles. The Morgan fingerprint density at radius 2 is 1.78 bits per heavy atom. The van der Waals surface area contributed by atoms with Gasteiger partial charge in [0.25, 0.3) is 0 Å². The number of fused-ring (bicyclic) bond motifs is 5. The van der Waals surface area contributed by atoms with Gasteiger partial charge in [-0.2, -0.15) is 0 Å². The predicted molar refractivity (Wildman–Crippen MR) is 134 cm³/mol. The van der Waals surface area contributed by atoms with Gasteiger partial charge in [-0.3, -0.25) is 0 Å². The molecule has 156 valence electrons. The highest BCUT2D eigenvalue weighted by Crippen LogP contribution is 2.42. The van der Waals surface area contributed by atoms with Crippen molar-refractivity contribution in [2.24, 2.45) is 13.0 Å². The Morgan fingerprint density at radius 1 is 0.969 bits per heavy atom. The largest absolute Gasteiger partial charge is 0.308 e. The summed E-state index contributed by atoms with van der Waals surface area (Å²) >= 11 is 0. The molecule has 0 bridgehead atoms. The minimum absolute atomic E-state index is 0.599. The van der Waals surface area contributed by atoms with Crippen LogP contribution in [0.2, 0.25) is 0 Å². The molecule has 0 amide bonds. The Balaban J connectivity index is 2.01. The SMILES string of the molecule is [C-]#[N+]c1ccc2c(c1)c1cc(C)c(C)c3c1n2c1cc(CC(C)C)cc2cc[n+](C)c3c21. The Labute approximate surface area is 187 Å². The molecule has 0 aliphatic rings. The average Bonchev–Trinajstić information content (AvgIpc) is 3.08. The van der Waals surface area contributed by atoms with Crippen molar-refractivity contribution in [1.29, 1.82) is 0 Å². The highest BCUT2D eigenvalue weighted by atomic mass is 15.0. The van der Waals surface area contributed by atoms with Crippen LogP contribution in [-0.2, 0) is 13.5 Å². The van der Waals surface area contributed by atoms with Gasteiger partial charge in [-0.15, -0.1) is 0 Å². The molecule has 0 aliphatic heterocycles. The van der Waals surface area contributed by atoms with Gasteiger partial charge < -0.3 is 4.40 Å². The smallest absolute Gasteiger partial charge is 0.224 e. The summed E-state index contributed by atoms with van der Waals surface area (Å²) in [5.74, 6) is 0.599. The van der Waals surface area contributed by atoms with Gasteiger partial charge in [0.1, 0.15) is 7.05 Å². The molecule has 0 radical (unpaired) electrons. The highest BCUT2D eigenvalue weighted by molar-refractivity contribution is 6.26. The van der Waals surface area contributed by atoms with Gasteiger partial charge in [0.05, 0.1) is 33.9 Å². The molecule has 6 rings (SSSR count). The number of hydrogen-bond donors (Lipinski definition) is 0. The zero-order valence-electron chi connectivity index (χ0n) is 19.2. The minimum atomic E-state index is 0.599. The van der Waals surface area contributed by atoms with E-state index in [1.807, 2.05) is 6.07 Å². The number of benzene rings is 3. The monoisotopic (exact) mass is 416 g/mol. The first kappa shape index (κ1) is 19.1. The number of aryl methyl sites for hydroxylation is 3. The molecular formula is C29H26N3+.